The summed E-state index contributed by atoms with van der Waals surface area (Å²) in [5.74, 6) is 0.171. The van der Waals surface area contributed by atoms with Gasteiger partial charge in [-0.1, -0.05) is 35.0 Å². The van der Waals surface area contributed by atoms with Crippen LogP contribution >= 0.6 is 23.1 Å². The number of carbonyl (C=O) groups is 1. The van der Waals surface area contributed by atoms with Crippen molar-refractivity contribution in [1.82, 2.24) is 5.27 Å². The van der Waals surface area contributed by atoms with Gasteiger partial charge in [-0.2, -0.15) is 5.26 Å². The lowest BCUT2D eigenvalue weighted by atomic mass is 9.83. The van der Waals surface area contributed by atoms with Gasteiger partial charge in [-0.15, -0.1) is 11.3 Å². The highest BCUT2D eigenvalue weighted by atomic mass is 32.2. The minimum atomic E-state index is -0.530. The van der Waals surface area contributed by atoms with Crippen molar-refractivity contribution in [3.63, 3.8) is 0 Å². The Hall–Kier alpha value is -2.83. The largest absolute Gasteiger partial charge is 0.441 e. The first kappa shape index (κ1) is 20.4. The van der Waals surface area contributed by atoms with Gasteiger partial charge in [0.1, 0.15) is 11.1 Å². The minimum absolute atomic E-state index is 0.254. The maximum atomic E-state index is 12.7. The van der Waals surface area contributed by atoms with Crippen LogP contribution in [0.1, 0.15) is 40.8 Å². The number of aryl methyl sites for hydroxylation is 1. The zero-order valence-electron chi connectivity index (χ0n) is 16.6. The van der Waals surface area contributed by atoms with Crippen LogP contribution in [0.2, 0.25) is 0 Å². The Morgan fingerprint density at radius 3 is 2.87 bits per heavy atom. The number of hydrogen-bond donors (Lipinski definition) is 2. The van der Waals surface area contributed by atoms with E-state index in [2.05, 4.69) is 40.9 Å². The molecule has 2 atom stereocenters. The second-order valence-corrected chi connectivity index (χ2v) is 9.70. The fourth-order valence-electron chi connectivity index (χ4n) is 3.70. The first-order valence-corrected chi connectivity index (χ1v) is 11.3. The molecule has 3 aromatic rings. The molecule has 0 radical (unpaired) electrons. The van der Waals surface area contributed by atoms with Gasteiger partial charge in [0.25, 0.3) is 0 Å². The summed E-state index contributed by atoms with van der Waals surface area (Å²) < 4.78 is 6.16. The third-order valence-corrected chi connectivity index (χ3v) is 7.70. The van der Waals surface area contributed by atoms with E-state index in [1.54, 1.807) is 14.0 Å². The highest BCUT2D eigenvalue weighted by Crippen LogP contribution is 2.42. The Morgan fingerprint density at radius 2 is 2.20 bits per heavy atom. The molecule has 9 heteroatoms. The number of amides is 1. The van der Waals surface area contributed by atoms with Crippen LogP contribution in [0.15, 0.2) is 44.7 Å². The van der Waals surface area contributed by atoms with Crippen LogP contribution in [-0.4, -0.2) is 16.4 Å². The number of carbonyl (C=O) groups excluding carboxylic acids is 1. The Labute approximate surface area is 181 Å². The van der Waals surface area contributed by atoms with Crippen LogP contribution in [0, 0.1) is 11.3 Å². The summed E-state index contributed by atoms with van der Waals surface area (Å²) >= 11 is 2.60. The first-order chi connectivity index (χ1) is 14.5. The monoisotopic (exact) mass is 441 g/mol. The molecule has 0 aliphatic heterocycles. The van der Waals surface area contributed by atoms with Crippen molar-refractivity contribution < 1.29 is 14.0 Å². The Balaban J connectivity index is 1.51. The normalized spacial score (nSPS) is 16.5. The molecule has 30 heavy (non-hydrogen) atoms. The fourth-order valence-corrected chi connectivity index (χ4v) is 5.81. The van der Waals surface area contributed by atoms with Gasteiger partial charge in [0.15, 0.2) is 7.05 Å². The molecule has 0 fully saturated rings. The van der Waals surface area contributed by atoms with Crippen LogP contribution < -0.4 is 15.6 Å². The van der Waals surface area contributed by atoms with Gasteiger partial charge in [-0.25, -0.2) is 4.79 Å². The molecule has 0 spiro atoms. The van der Waals surface area contributed by atoms with Crippen molar-refractivity contribution in [1.29, 1.82) is 5.26 Å². The Morgan fingerprint density at radius 1 is 1.43 bits per heavy atom. The highest BCUT2D eigenvalue weighted by Gasteiger charge is 2.29. The minimum Gasteiger partial charge on any atom is -0.316 e. The number of aromatic amines is 1. The van der Waals surface area contributed by atoms with E-state index in [-0.39, 0.29) is 5.91 Å². The summed E-state index contributed by atoms with van der Waals surface area (Å²) in [6.07, 6.45) is 2.69. The number of thiophene rings is 1. The number of hydrogen-bond acceptors (Lipinski definition) is 6. The SMILES string of the molecule is CC(Sc1c(=O)o[nH][n+]1C)C(=O)Nc1sc2c(c1C#N)CCC(c1ccccc1)C2. The molecule has 0 saturated carbocycles. The topological polar surface area (TPSA) is 103 Å². The molecule has 4 rings (SSSR count). The second-order valence-electron chi connectivity index (χ2n) is 7.26. The van der Waals surface area contributed by atoms with E-state index < -0.39 is 10.9 Å². The summed E-state index contributed by atoms with van der Waals surface area (Å²) in [5.41, 5.74) is 2.42. The fraction of sp³-hybridized carbons (Fsp3) is 0.333. The van der Waals surface area contributed by atoms with Crippen molar-refractivity contribution in [3.05, 3.63) is 62.3 Å². The second kappa shape index (κ2) is 8.50. The van der Waals surface area contributed by atoms with Gasteiger partial charge in [0, 0.05) is 4.88 Å². The lowest BCUT2D eigenvalue weighted by Crippen LogP contribution is -2.35. The quantitative estimate of drug-likeness (QED) is 0.468. The smallest absolute Gasteiger partial charge is 0.316 e. The number of aromatic nitrogens is 2. The van der Waals surface area contributed by atoms with E-state index in [0.717, 1.165) is 36.6 Å². The van der Waals surface area contributed by atoms with Gasteiger partial charge in [0.05, 0.1) is 10.8 Å². The number of nitriles is 1. The van der Waals surface area contributed by atoms with Crippen molar-refractivity contribution >= 4 is 34.0 Å². The third-order valence-electron chi connectivity index (χ3n) is 5.30. The average molecular weight is 442 g/mol. The maximum Gasteiger partial charge on any atom is 0.441 e. The zero-order valence-corrected chi connectivity index (χ0v) is 18.2. The Kier molecular flexibility index (Phi) is 5.79. The van der Waals surface area contributed by atoms with Gasteiger partial charge >= 0.3 is 10.7 Å². The molecule has 1 aliphatic rings. The van der Waals surface area contributed by atoms with E-state index in [1.165, 1.54) is 26.5 Å². The summed E-state index contributed by atoms with van der Waals surface area (Å²) in [4.78, 5) is 25.6. The number of fused-ring (bicyclic) bond motifs is 1. The average Bonchev–Trinajstić information content (AvgIpc) is 3.27. The van der Waals surface area contributed by atoms with Crippen LogP contribution in [0.25, 0.3) is 0 Å². The first-order valence-electron chi connectivity index (χ1n) is 9.62. The number of thioether (sulfide) groups is 1. The number of rotatable bonds is 5. The molecule has 2 unspecified atom stereocenters. The molecule has 1 aliphatic carbocycles. The van der Waals surface area contributed by atoms with Gasteiger partial charge in [0.2, 0.25) is 5.91 Å². The van der Waals surface area contributed by atoms with Crippen molar-refractivity contribution in [2.75, 3.05) is 5.32 Å². The third kappa shape index (κ3) is 3.93. The standard InChI is InChI=1S/C21H20N4O3S2/c1-12(29-20-21(27)28-24-25(20)2)18(26)23-19-16(11-22)15-9-8-14(10-17(15)30-19)13-6-4-3-5-7-13/h3-7,12,14H,8-10H2,1-2H3,(H-,23,24,26,27)/p+1. The van der Waals surface area contributed by atoms with Gasteiger partial charge in [-0.05, 0) is 60.3 Å². The molecule has 2 aromatic heterocycles. The Bertz CT molecular complexity index is 1170. The van der Waals surface area contributed by atoms with Gasteiger partial charge in [-0.3, -0.25) is 9.32 Å². The molecule has 2 N–H and O–H groups in total. The molecule has 2 heterocycles. The van der Waals surface area contributed by atoms with Crippen LogP contribution in [0.4, 0.5) is 5.00 Å². The predicted molar refractivity (Wildman–Crippen MR) is 115 cm³/mol. The molecule has 0 bridgehead atoms. The maximum absolute atomic E-state index is 12.7. The van der Waals surface area contributed by atoms with Crippen LogP contribution in [0.5, 0.6) is 0 Å². The number of H-pyrrole nitrogens is 1. The molecule has 0 saturated heterocycles. The van der Waals surface area contributed by atoms with Crippen LogP contribution in [-0.2, 0) is 24.7 Å². The molecular formula is C21H21N4O3S2+. The molecule has 154 valence electrons. The number of nitrogens with zero attached hydrogens (tertiary/aromatic N) is 2. The summed E-state index contributed by atoms with van der Waals surface area (Å²) in [5, 5.41) is 15.4. The van der Waals surface area contributed by atoms with Crippen molar-refractivity contribution in [2.24, 2.45) is 7.05 Å². The number of benzene rings is 1. The van der Waals surface area contributed by atoms with E-state index >= 15 is 0 Å². The lowest BCUT2D eigenvalue weighted by molar-refractivity contribution is -0.772. The molecular weight excluding hydrogens is 420 g/mol. The van der Waals surface area contributed by atoms with E-state index in [0.29, 0.717) is 21.5 Å². The van der Waals surface area contributed by atoms with E-state index in [9.17, 15) is 14.9 Å². The van der Waals surface area contributed by atoms with Gasteiger partial charge < -0.3 is 5.32 Å². The number of anilines is 1. The predicted octanol–water partition coefficient (Wildman–Crippen LogP) is 3.12. The van der Waals surface area contributed by atoms with Crippen molar-refractivity contribution in [3.8, 4) is 6.07 Å². The highest BCUT2D eigenvalue weighted by molar-refractivity contribution is 8.00. The van der Waals surface area contributed by atoms with E-state index in [4.69, 9.17) is 4.52 Å². The molecule has 1 aromatic carbocycles. The van der Waals surface area contributed by atoms with Crippen LogP contribution in [0.3, 0.4) is 0 Å². The summed E-state index contributed by atoms with van der Waals surface area (Å²) in [6.45, 7) is 1.72. The zero-order chi connectivity index (χ0) is 21.3. The van der Waals surface area contributed by atoms with Crippen molar-refractivity contribution in [2.45, 2.75) is 42.4 Å². The lowest BCUT2D eigenvalue weighted by Gasteiger charge is -2.22. The molecule has 7 nitrogen and oxygen atoms in total. The summed E-state index contributed by atoms with van der Waals surface area (Å²) in [7, 11) is 1.64. The van der Waals surface area contributed by atoms with E-state index in [1.807, 2.05) is 6.07 Å². The molecule has 1 amide bonds. The number of nitrogens with one attached hydrogen (secondary N) is 2. The summed E-state index contributed by atoms with van der Waals surface area (Å²) in [6, 6.07) is 12.7.